The lowest BCUT2D eigenvalue weighted by molar-refractivity contribution is -0.112. The molecule has 4 heteroatoms. The quantitative estimate of drug-likeness (QED) is 0.629. The molecule has 1 saturated heterocycles. The van der Waals surface area contributed by atoms with Crippen LogP contribution in [0.1, 0.15) is 18.2 Å². The number of aldehydes is 1. The Balaban J connectivity index is 2.25. The van der Waals surface area contributed by atoms with E-state index in [1.807, 2.05) is 13.1 Å². The highest BCUT2D eigenvalue weighted by Gasteiger charge is 2.30. The number of carbonyl (C=O) groups is 1. The minimum Gasteiger partial charge on any atom is -0.371 e. The van der Waals surface area contributed by atoms with Gasteiger partial charge in [-0.1, -0.05) is 0 Å². The van der Waals surface area contributed by atoms with E-state index in [9.17, 15) is 4.79 Å². The number of hydrogen-bond donors (Lipinski definition) is 0. The average Bonchev–Trinajstić information content (AvgIpc) is 2.71. The van der Waals surface area contributed by atoms with Gasteiger partial charge in [-0.3, -0.25) is 4.68 Å². The fraction of sp³-hybridized carbons (Fsp3) is 0.556. The van der Waals surface area contributed by atoms with Crippen LogP contribution in [0.3, 0.4) is 0 Å². The van der Waals surface area contributed by atoms with Crippen LogP contribution in [-0.2, 0) is 16.6 Å². The van der Waals surface area contributed by atoms with Gasteiger partial charge in [0.15, 0.2) is 0 Å². The number of ether oxygens (including phenoxy) is 1. The fourth-order valence-corrected chi connectivity index (χ4v) is 1.71. The first-order valence-corrected chi connectivity index (χ1v) is 4.37. The highest BCUT2D eigenvalue weighted by Crippen LogP contribution is 2.32. The normalized spacial score (nSPS) is 27.8. The van der Waals surface area contributed by atoms with E-state index < -0.39 is 0 Å². The van der Waals surface area contributed by atoms with E-state index in [1.54, 1.807) is 10.9 Å². The third kappa shape index (κ3) is 1.37. The number of rotatable bonds is 2. The zero-order valence-electron chi connectivity index (χ0n) is 7.51. The molecule has 0 spiro atoms. The molecule has 0 radical (unpaired) electrons. The molecule has 0 N–H and O–H groups in total. The number of nitrogens with zero attached hydrogens (tertiary/aromatic N) is 2. The Kier molecular flexibility index (Phi) is 2.14. The number of carbonyl (C=O) groups excluding carboxylic acids is 1. The van der Waals surface area contributed by atoms with Crippen LogP contribution in [0.2, 0.25) is 0 Å². The predicted molar refractivity (Wildman–Crippen MR) is 46.1 cm³/mol. The molecule has 0 amide bonds. The molecule has 0 bridgehead atoms. The van der Waals surface area contributed by atoms with Gasteiger partial charge < -0.3 is 9.53 Å². The molecule has 1 fully saturated rings. The summed E-state index contributed by atoms with van der Waals surface area (Å²) in [7, 11) is 1.86. The summed E-state index contributed by atoms with van der Waals surface area (Å²) in [6.07, 6.45) is 3.42. The second-order valence-electron chi connectivity index (χ2n) is 3.26. The van der Waals surface area contributed by atoms with Crippen molar-refractivity contribution in [3.63, 3.8) is 0 Å². The summed E-state index contributed by atoms with van der Waals surface area (Å²) in [6.45, 7) is 0.666. The Morgan fingerprint density at radius 3 is 3.23 bits per heavy atom. The Bertz CT molecular complexity index is 308. The summed E-state index contributed by atoms with van der Waals surface area (Å²) in [6, 6.07) is 1.90. The van der Waals surface area contributed by atoms with E-state index in [0.717, 1.165) is 18.4 Å². The molecule has 0 aromatic carbocycles. The van der Waals surface area contributed by atoms with Crippen LogP contribution in [0, 0.1) is 5.92 Å². The second kappa shape index (κ2) is 3.30. The first-order chi connectivity index (χ1) is 6.33. The van der Waals surface area contributed by atoms with Crippen LogP contribution in [0.25, 0.3) is 0 Å². The van der Waals surface area contributed by atoms with Crippen molar-refractivity contribution in [2.45, 2.75) is 12.5 Å². The van der Waals surface area contributed by atoms with Crippen LogP contribution in [0.4, 0.5) is 0 Å². The standard InChI is InChI=1S/C9H12N2O2/c1-11-8(2-4-10-11)9-7(6-12)3-5-13-9/h2,4,6-7,9H,3,5H2,1H3. The largest absolute Gasteiger partial charge is 0.371 e. The Labute approximate surface area is 76.5 Å². The summed E-state index contributed by atoms with van der Waals surface area (Å²) in [5.41, 5.74) is 0.981. The van der Waals surface area contributed by atoms with Crippen molar-refractivity contribution in [3.8, 4) is 0 Å². The van der Waals surface area contributed by atoms with Crippen molar-refractivity contribution in [1.29, 1.82) is 0 Å². The molecule has 1 aromatic rings. The van der Waals surface area contributed by atoms with Gasteiger partial charge in [-0.25, -0.2) is 0 Å². The van der Waals surface area contributed by atoms with E-state index in [0.29, 0.717) is 6.61 Å². The van der Waals surface area contributed by atoms with E-state index in [1.165, 1.54) is 0 Å². The molecule has 70 valence electrons. The van der Waals surface area contributed by atoms with Crippen LogP contribution >= 0.6 is 0 Å². The SMILES string of the molecule is Cn1nccc1C1OCCC1C=O. The topological polar surface area (TPSA) is 44.1 Å². The lowest BCUT2D eigenvalue weighted by Crippen LogP contribution is -2.12. The van der Waals surface area contributed by atoms with Crippen molar-refractivity contribution >= 4 is 6.29 Å². The fourth-order valence-electron chi connectivity index (χ4n) is 1.71. The highest BCUT2D eigenvalue weighted by atomic mass is 16.5. The number of aryl methyl sites for hydroxylation is 1. The molecular weight excluding hydrogens is 168 g/mol. The first-order valence-electron chi connectivity index (χ1n) is 4.37. The minimum absolute atomic E-state index is 0.00426. The van der Waals surface area contributed by atoms with Crippen molar-refractivity contribution in [1.82, 2.24) is 9.78 Å². The summed E-state index contributed by atoms with van der Waals surface area (Å²) >= 11 is 0. The number of aromatic nitrogens is 2. The molecule has 13 heavy (non-hydrogen) atoms. The van der Waals surface area contributed by atoms with E-state index in [-0.39, 0.29) is 12.0 Å². The van der Waals surface area contributed by atoms with Gasteiger partial charge in [0.25, 0.3) is 0 Å². The maximum absolute atomic E-state index is 10.7. The van der Waals surface area contributed by atoms with Gasteiger partial charge in [-0.2, -0.15) is 5.10 Å². The summed E-state index contributed by atoms with van der Waals surface area (Å²) in [4.78, 5) is 10.7. The Morgan fingerprint density at radius 1 is 1.77 bits per heavy atom. The van der Waals surface area contributed by atoms with Crippen LogP contribution in [-0.4, -0.2) is 22.7 Å². The van der Waals surface area contributed by atoms with Crippen LogP contribution in [0.5, 0.6) is 0 Å². The third-order valence-electron chi connectivity index (χ3n) is 2.46. The predicted octanol–water partition coefficient (Wildman–Crippen LogP) is 0.697. The van der Waals surface area contributed by atoms with Crippen LogP contribution < -0.4 is 0 Å². The van der Waals surface area contributed by atoms with Crippen molar-refractivity contribution in [2.24, 2.45) is 13.0 Å². The molecule has 2 heterocycles. The zero-order chi connectivity index (χ0) is 9.26. The molecule has 1 aliphatic heterocycles. The highest BCUT2D eigenvalue weighted by molar-refractivity contribution is 5.55. The molecule has 0 saturated carbocycles. The monoisotopic (exact) mass is 180 g/mol. The lowest BCUT2D eigenvalue weighted by Gasteiger charge is -2.13. The van der Waals surface area contributed by atoms with E-state index >= 15 is 0 Å². The molecule has 1 aliphatic rings. The van der Waals surface area contributed by atoms with Gasteiger partial charge in [0.1, 0.15) is 12.4 Å². The van der Waals surface area contributed by atoms with Gasteiger partial charge >= 0.3 is 0 Å². The summed E-state index contributed by atoms with van der Waals surface area (Å²) in [5.74, 6) is -0.00426. The van der Waals surface area contributed by atoms with Gasteiger partial charge in [0.05, 0.1) is 5.69 Å². The minimum atomic E-state index is -0.0926. The molecular formula is C9H12N2O2. The molecule has 2 unspecified atom stereocenters. The molecule has 1 aromatic heterocycles. The van der Waals surface area contributed by atoms with Crippen molar-refractivity contribution in [3.05, 3.63) is 18.0 Å². The van der Waals surface area contributed by atoms with Crippen molar-refractivity contribution < 1.29 is 9.53 Å². The smallest absolute Gasteiger partial charge is 0.126 e. The Morgan fingerprint density at radius 2 is 2.62 bits per heavy atom. The maximum atomic E-state index is 10.7. The zero-order valence-corrected chi connectivity index (χ0v) is 7.51. The third-order valence-corrected chi connectivity index (χ3v) is 2.46. The second-order valence-corrected chi connectivity index (χ2v) is 3.26. The molecule has 2 rings (SSSR count). The van der Waals surface area contributed by atoms with Gasteiger partial charge in [-0.15, -0.1) is 0 Å². The van der Waals surface area contributed by atoms with Gasteiger partial charge in [0, 0.05) is 25.8 Å². The number of hydrogen-bond acceptors (Lipinski definition) is 3. The lowest BCUT2D eigenvalue weighted by atomic mass is 10.0. The summed E-state index contributed by atoms with van der Waals surface area (Å²) < 4.78 is 7.25. The molecule has 4 nitrogen and oxygen atoms in total. The Hall–Kier alpha value is -1.16. The van der Waals surface area contributed by atoms with Gasteiger partial charge in [-0.05, 0) is 12.5 Å². The van der Waals surface area contributed by atoms with Gasteiger partial charge in [0.2, 0.25) is 0 Å². The first kappa shape index (κ1) is 8.44. The van der Waals surface area contributed by atoms with Crippen molar-refractivity contribution in [2.75, 3.05) is 6.61 Å². The van der Waals surface area contributed by atoms with Crippen LogP contribution in [0.15, 0.2) is 12.3 Å². The summed E-state index contributed by atoms with van der Waals surface area (Å²) in [5, 5.41) is 4.05. The van der Waals surface area contributed by atoms with E-state index in [2.05, 4.69) is 5.10 Å². The molecule has 0 aliphatic carbocycles. The van der Waals surface area contributed by atoms with E-state index in [4.69, 9.17) is 4.74 Å². The maximum Gasteiger partial charge on any atom is 0.126 e. The average molecular weight is 180 g/mol. The molecule has 2 atom stereocenters.